The van der Waals surface area contributed by atoms with E-state index < -0.39 is 0 Å². The highest BCUT2D eigenvalue weighted by Gasteiger charge is 2.12. The average molecular weight is 274 g/mol. The molecular weight excluding hydrogens is 248 g/mol. The predicted octanol–water partition coefficient (Wildman–Crippen LogP) is 4.78. The Hall–Kier alpha value is -1.62. The van der Waals surface area contributed by atoms with E-state index >= 15 is 0 Å². The predicted molar refractivity (Wildman–Crippen MR) is 84.5 cm³/mol. The molecule has 0 aliphatic rings. The quantitative estimate of drug-likeness (QED) is 0.603. The molecule has 0 radical (unpaired) electrons. The zero-order chi connectivity index (χ0) is 14.8. The second kappa shape index (κ2) is 9.31. The van der Waals surface area contributed by atoms with Crippen molar-refractivity contribution in [2.45, 2.75) is 52.4 Å². The minimum absolute atomic E-state index is 0.393. The Morgan fingerprint density at radius 2 is 1.70 bits per heavy atom. The molecule has 1 aromatic carbocycles. The molecule has 0 heterocycles. The Balaban J connectivity index is 2.96. The summed E-state index contributed by atoms with van der Waals surface area (Å²) in [6.07, 6.45) is 9.22. The van der Waals surface area contributed by atoms with Crippen molar-refractivity contribution in [3.8, 4) is 23.8 Å². The maximum Gasteiger partial charge on any atom is 0.161 e. The molecule has 0 N–H and O–H groups in total. The molecule has 2 heteroatoms. The molecule has 0 spiro atoms. The van der Waals surface area contributed by atoms with Crippen LogP contribution in [0.4, 0.5) is 0 Å². The summed E-state index contributed by atoms with van der Waals surface area (Å²) >= 11 is 0. The van der Waals surface area contributed by atoms with E-state index in [2.05, 4.69) is 38.8 Å². The number of ether oxygens (including phenoxy) is 2. The van der Waals surface area contributed by atoms with Crippen LogP contribution in [-0.2, 0) is 0 Å². The second-order valence-electron chi connectivity index (χ2n) is 4.92. The van der Waals surface area contributed by atoms with Crippen LogP contribution in [0.25, 0.3) is 0 Å². The summed E-state index contributed by atoms with van der Waals surface area (Å²) in [5.41, 5.74) is 1.24. The standard InChI is InChI=1S/C18H26O2/c1-5-9-15(8-4)16-10-11-17(19-12-6-2)18(14-16)20-13-7-3/h1,10-11,14-15H,6-9,12-13H2,2-4H3. The van der Waals surface area contributed by atoms with Gasteiger partial charge in [-0.1, -0.05) is 26.8 Å². The second-order valence-corrected chi connectivity index (χ2v) is 4.92. The van der Waals surface area contributed by atoms with Gasteiger partial charge in [0.15, 0.2) is 11.5 Å². The monoisotopic (exact) mass is 274 g/mol. The lowest BCUT2D eigenvalue weighted by atomic mass is 9.93. The molecule has 0 saturated carbocycles. The largest absolute Gasteiger partial charge is 0.490 e. The highest BCUT2D eigenvalue weighted by molar-refractivity contribution is 5.44. The van der Waals surface area contributed by atoms with Crippen LogP contribution in [0.1, 0.15) is 57.9 Å². The van der Waals surface area contributed by atoms with Crippen LogP contribution in [0.3, 0.4) is 0 Å². The van der Waals surface area contributed by atoms with Crippen molar-refractivity contribution in [2.75, 3.05) is 13.2 Å². The SMILES string of the molecule is C#CCC(CC)c1ccc(OCCC)c(OCCC)c1. The molecule has 2 nitrogen and oxygen atoms in total. The molecule has 0 amide bonds. The van der Waals surface area contributed by atoms with Gasteiger partial charge in [-0.2, -0.15) is 0 Å². The first-order valence-electron chi connectivity index (χ1n) is 7.59. The van der Waals surface area contributed by atoms with Crippen LogP contribution in [0.2, 0.25) is 0 Å². The van der Waals surface area contributed by atoms with Gasteiger partial charge >= 0.3 is 0 Å². The fourth-order valence-electron chi connectivity index (χ4n) is 2.07. The Labute approximate surface area is 123 Å². The number of hydrogen-bond donors (Lipinski definition) is 0. The van der Waals surface area contributed by atoms with Crippen molar-refractivity contribution >= 4 is 0 Å². The zero-order valence-corrected chi connectivity index (χ0v) is 12.9. The number of hydrogen-bond acceptors (Lipinski definition) is 2. The molecule has 0 saturated heterocycles. The highest BCUT2D eigenvalue weighted by Crippen LogP contribution is 2.33. The minimum atomic E-state index is 0.393. The Morgan fingerprint density at radius 3 is 2.25 bits per heavy atom. The molecule has 110 valence electrons. The first kappa shape index (κ1) is 16.4. The molecule has 0 aromatic heterocycles. The van der Waals surface area contributed by atoms with Crippen LogP contribution in [-0.4, -0.2) is 13.2 Å². The van der Waals surface area contributed by atoms with E-state index in [0.717, 1.165) is 37.2 Å². The van der Waals surface area contributed by atoms with Crippen molar-refractivity contribution in [1.82, 2.24) is 0 Å². The summed E-state index contributed by atoms with van der Waals surface area (Å²) in [4.78, 5) is 0. The molecule has 1 atom stereocenters. The van der Waals surface area contributed by atoms with Crippen molar-refractivity contribution in [1.29, 1.82) is 0 Å². The molecule has 0 bridgehead atoms. The smallest absolute Gasteiger partial charge is 0.161 e. The van der Waals surface area contributed by atoms with Crippen LogP contribution in [0.15, 0.2) is 18.2 Å². The molecule has 1 aromatic rings. The van der Waals surface area contributed by atoms with Gasteiger partial charge in [0.05, 0.1) is 13.2 Å². The molecule has 0 fully saturated rings. The molecule has 20 heavy (non-hydrogen) atoms. The summed E-state index contributed by atoms with van der Waals surface area (Å²) in [7, 11) is 0. The van der Waals surface area contributed by atoms with Gasteiger partial charge < -0.3 is 9.47 Å². The van der Waals surface area contributed by atoms with Crippen molar-refractivity contribution in [3.63, 3.8) is 0 Å². The van der Waals surface area contributed by atoms with Crippen molar-refractivity contribution < 1.29 is 9.47 Å². The number of benzene rings is 1. The van der Waals surface area contributed by atoms with Gasteiger partial charge in [0.25, 0.3) is 0 Å². The number of terminal acetylenes is 1. The lowest BCUT2D eigenvalue weighted by Gasteiger charge is -2.17. The van der Waals surface area contributed by atoms with Gasteiger partial charge in [0, 0.05) is 6.42 Å². The lowest BCUT2D eigenvalue weighted by molar-refractivity contribution is 0.268. The third-order valence-corrected chi connectivity index (χ3v) is 3.22. The maximum absolute atomic E-state index is 5.82. The first-order valence-corrected chi connectivity index (χ1v) is 7.59. The highest BCUT2D eigenvalue weighted by atomic mass is 16.5. The maximum atomic E-state index is 5.82. The molecule has 0 aliphatic carbocycles. The van der Waals surface area contributed by atoms with Gasteiger partial charge in [-0.15, -0.1) is 12.3 Å². The van der Waals surface area contributed by atoms with E-state index in [1.54, 1.807) is 0 Å². The van der Waals surface area contributed by atoms with E-state index in [9.17, 15) is 0 Å². The van der Waals surface area contributed by atoms with E-state index in [1.165, 1.54) is 5.56 Å². The van der Waals surface area contributed by atoms with Crippen LogP contribution < -0.4 is 9.47 Å². The van der Waals surface area contributed by atoms with Crippen LogP contribution in [0.5, 0.6) is 11.5 Å². The third kappa shape index (κ3) is 4.81. The summed E-state index contributed by atoms with van der Waals surface area (Å²) < 4.78 is 11.6. The molecule has 1 rings (SSSR count). The molecule has 1 unspecified atom stereocenters. The zero-order valence-electron chi connectivity index (χ0n) is 12.9. The van der Waals surface area contributed by atoms with Gasteiger partial charge in [-0.05, 0) is 42.9 Å². The third-order valence-electron chi connectivity index (χ3n) is 3.22. The van der Waals surface area contributed by atoms with Crippen molar-refractivity contribution in [3.05, 3.63) is 23.8 Å². The fraction of sp³-hybridized carbons (Fsp3) is 0.556. The normalized spacial score (nSPS) is 11.7. The molecule has 0 aliphatic heterocycles. The first-order chi connectivity index (χ1) is 9.76. The van der Waals surface area contributed by atoms with Crippen molar-refractivity contribution in [2.24, 2.45) is 0 Å². The minimum Gasteiger partial charge on any atom is -0.490 e. The van der Waals surface area contributed by atoms with E-state index in [4.69, 9.17) is 15.9 Å². The van der Waals surface area contributed by atoms with Gasteiger partial charge in [-0.3, -0.25) is 0 Å². The Kier molecular flexibility index (Phi) is 7.65. The fourth-order valence-corrected chi connectivity index (χ4v) is 2.07. The van der Waals surface area contributed by atoms with E-state index in [1.807, 2.05) is 6.07 Å². The van der Waals surface area contributed by atoms with Crippen LogP contribution >= 0.6 is 0 Å². The average Bonchev–Trinajstić information content (AvgIpc) is 2.49. The summed E-state index contributed by atoms with van der Waals surface area (Å²) in [5, 5.41) is 0. The summed E-state index contributed by atoms with van der Waals surface area (Å²) in [5.74, 6) is 4.82. The number of rotatable bonds is 9. The van der Waals surface area contributed by atoms with Crippen LogP contribution in [0, 0.1) is 12.3 Å². The van der Waals surface area contributed by atoms with Gasteiger partial charge in [0.1, 0.15) is 0 Å². The Morgan fingerprint density at radius 1 is 1.05 bits per heavy atom. The topological polar surface area (TPSA) is 18.5 Å². The summed E-state index contributed by atoms with van der Waals surface area (Å²) in [6.45, 7) is 7.78. The summed E-state index contributed by atoms with van der Waals surface area (Å²) in [6, 6.07) is 6.20. The Bertz CT molecular complexity index is 432. The van der Waals surface area contributed by atoms with Gasteiger partial charge in [-0.25, -0.2) is 0 Å². The molecular formula is C18H26O2. The van der Waals surface area contributed by atoms with E-state index in [0.29, 0.717) is 19.1 Å². The van der Waals surface area contributed by atoms with E-state index in [-0.39, 0.29) is 0 Å². The van der Waals surface area contributed by atoms with Gasteiger partial charge in [0.2, 0.25) is 0 Å². The lowest BCUT2D eigenvalue weighted by Crippen LogP contribution is -2.03.